The van der Waals surface area contributed by atoms with Gasteiger partial charge < -0.3 is 4.57 Å². The number of aromatic nitrogens is 3. The van der Waals surface area contributed by atoms with Crippen LogP contribution in [0.4, 0.5) is 17.6 Å². The quantitative estimate of drug-likeness (QED) is 0.783. The summed E-state index contributed by atoms with van der Waals surface area (Å²) in [6, 6.07) is 3.34. The lowest BCUT2D eigenvalue weighted by Crippen LogP contribution is -2.09. The van der Waals surface area contributed by atoms with Gasteiger partial charge in [0.15, 0.2) is 5.82 Å². The minimum atomic E-state index is -4.72. The third-order valence-electron chi connectivity index (χ3n) is 3.06. The van der Waals surface area contributed by atoms with Crippen molar-refractivity contribution in [3.05, 3.63) is 35.9 Å². The van der Waals surface area contributed by atoms with Crippen LogP contribution in [-0.4, -0.2) is 14.8 Å². The van der Waals surface area contributed by atoms with Crippen LogP contribution < -0.4 is 0 Å². The van der Waals surface area contributed by atoms with Crippen LogP contribution in [0.2, 0.25) is 0 Å². The minimum absolute atomic E-state index is 0.145. The number of alkyl halides is 3. The SMILES string of the molecule is Fc1c(-c2nncn2C2CC2)cccc1C(F)(F)F. The number of hydrogen-bond donors (Lipinski definition) is 0. The van der Waals surface area contributed by atoms with E-state index >= 15 is 0 Å². The summed E-state index contributed by atoms with van der Waals surface area (Å²) in [4.78, 5) is 0. The molecule has 3 rings (SSSR count). The van der Waals surface area contributed by atoms with Crippen LogP contribution in [-0.2, 0) is 6.18 Å². The Kier molecular flexibility index (Phi) is 2.58. The lowest BCUT2D eigenvalue weighted by Gasteiger charge is -2.11. The molecule has 0 saturated heterocycles. The molecule has 19 heavy (non-hydrogen) atoms. The maximum atomic E-state index is 14.0. The normalized spacial score (nSPS) is 15.8. The summed E-state index contributed by atoms with van der Waals surface area (Å²) in [6.45, 7) is 0. The highest BCUT2D eigenvalue weighted by Crippen LogP contribution is 2.39. The number of halogens is 4. The molecule has 0 radical (unpaired) electrons. The van der Waals surface area contributed by atoms with E-state index in [1.54, 1.807) is 4.57 Å². The van der Waals surface area contributed by atoms with E-state index in [0.29, 0.717) is 0 Å². The Hall–Kier alpha value is -1.92. The molecule has 0 atom stereocenters. The van der Waals surface area contributed by atoms with Gasteiger partial charge in [0.25, 0.3) is 0 Å². The van der Waals surface area contributed by atoms with Crippen molar-refractivity contribution in [2.75, 3.05) is 0 Å². The lowest BCUT2D eigenvalue weighted by atomic mass is 10.1. The first kappa shape index (κ1) is 12.1. The van der Waals surface area contributed by atoms with Gasteiger partial charge in [0.1, 0.15) is 12.1 Å². The van der Waals surface area contributed by atoms with Gasteiger partial charge in [-0.25, -0.2) is 4.39 Å². The Morgan fingerprint density at radius 3 is 2.58 bits per heavy atom. The summed E-state index contributed by atoms with van der Waals surface area (Å²) in [5.74, 6) is -1.16. The second kappa shape index (κ2) is 4.04. The van der Waals surface area contributed by atoms with Gasteiger partial charge in [-0.05, 0) is 25.0 Å². The molecule has 2 aromatic rings. The van der Waals surface area contributed by atoms with E-state index in [1.807, 2.05) is 0 Å². The zero-order valence-corrected chi connectivity index (χ0v) is 9.65. The van der Waals surface area contributed by atoms with Gasteiger partial charge in [-0.3, -0.25) is 0 Å². The van der Waals surface area contributed by atoms with Crippen LogP contribution in [0.5, 0.6) is 0 Å². The molecule has 7 heteroatoms. The average Bonchev–Trinajstić information content (AvgIpc) is 3.07. The maximum absolute atomic E-state index is 14.0. The molecule has 0 bridgehead atoms. The fourth-order valence-corrected chi connectivity index (χ4v) is 1.98. The van der Waals surface area contributed by atoms with Gasteiger partial charge in [0.05, 0.1) is 11.1 Å². The Balaban J connectivity index is 2.12. The number of rotatable bonds is 2. The maximum Gasteiger partial charge on any atom is 0.419 e. The first-order valence-corrected chi connectivity index (χ1v) is 5.74. The highest BCUT2D eigenvalue weighted by molar-refractivity contribution is 5.58. The van der Waals surface area contributed by atoms with E-state index in [-0.39, 0.29) is 17.4 Å². The van der Waals surface area contributed by atoms with E-state index < -0.39 is 17.6 Å². The van der Waals surface area contributed by atoms with Crippen molar-refractivity contribution in [1.29, 1.82) is 0 Å². The molecule has 3 nitrogen and oxygen atoms in total. The summed E-state index contributed by atoms with van der Waals surface area (Å²) < 4.78 is 53.6. The molecular weight excluding hydrogens is 262 g/mol. The molecular formula is C12H9F4N3. The molecule has 100 valence electrons. The molecule has 1 aliphatic rings. The van der Waals surface area contributed by atoms with Gasteiger partial charge in [-0.2, -0.15) is 13.2 Å². The van der Waals surface area contributed by atoms with Crippen molar-refractivity contribution in [2.45, 2.75) is 25.1 Å². The van der Waals surface area contributed by atoms with Gasteiger partial charge >= 0.3 is 6.18 Å². The molecule has 1 aliphatic carbocycles. The predicted octanol–water partition coefficient (Wildman–Crippen LogP) is 3.44. The van der Waals surface area contributed by atoms with Gasteiger partial charge in [-0.15, -0.1) is 10.2 Å². The standard InChI is InChI=1S/C12H9F4N3/c13-10-8(2-1-3-9(10)12(14,15)16)11-18-17-6-19(11)7-4-5-7/h1-3,6-7H,4-5H2. The van der Waals surface area contributed by atoms with Crippen molar-refractivity contribution in [2.24, 2.45) is 0 Å². The fourth-order valence-electron chi connectivity index (χ4n) is 1.98. The fraction of sp³-hybridized carbons (Fsp3) is 0.333. The first-order valence-electron chi connectivity index (χ1n) is 5.74. The van der Waals surface area contributed by atoms with E-state index in [1.165, 1.54) is 18.5 Å². The first-order chi connectivity index (χ1) is 8.98. The zero-order valence-electron chi connectivity index (χ0n) is 9.65. The van der Waals surface area contributed by atoms with Crippen LogP contribution in [0.15, 0.2) is 24.5 Å². The molecule has 1 aromatic heterocycles. The van der Waals surface area contributed by atoms with Gasteiger partial charge in [0.2, 0.25) is 0 Å². The molecule has 1 saturated carbocycles. The average molecular weight is 271 g/mol. The van der Waals surface area contributed by atoms with E-state index in [2.05, 4.69) is 10.2 Å². The van der Waals surface area contributed by atoms with Crippen LogP contribution in [0.3, 0.4) is 0 Å². The Morgan fingerprint density at radius 1 is 1.21 bits per heavy atom. The lowest BCUT2D eigenvalue weighted by molar-refractivity contribution is -0.139. The van der Waals surface area contributed by atoms with E-state index in [0.717, 1.165) is 18.9 Å². The highest BCUT2D eigenvalue weighted by atomic mass is 19.4. The van der Waals surface area contributed by atoms with Crippen molar-refractivity contribution < 1.29 is 17.6 Å². The van der Waals surface area contributed by atoms with E-state index in [4.69, 9.17) is 0 Å². The Morgan fingerprint density at radius 2 is 1.95 bits per heavy atom. The molecule has 1 heterocycles. The monoisotopic (exact) mass is 271 g/mol. The molecule has 0 aliphatic heterocycles. The molecule has 0 unspecified atom stereocenters. The summed E-state index contributed by atoms with van der Waals surface area (Å²) >= 11 is 0. The molecule has 0 amide bonds. The highest BCUT2D eigenvalue weighted by Gasteiger charge is 2.36. The molecule has 0 spiro atoms. The van der Waals surface area contributed by atoms with Crippen LogP contribution >= 0.6 is 0 Å². The van der Waals surface area contributed by atoms with Crippen molar-refractivity contribution in [1.82, 2.24) is 14.8 Å². The molecule has 0 N–H and O–H groups in total. The van der Waals surface area contributed by atoms with Crippen molar-refractivity contribution in [3.63, 3.8) is 0 Å². The minimum Gasteiger partial charge on any atom is -0.310 e. The van der Waals surface area contributed by atoms with Crippen LogP contribution in [0, 0.1) is 5.82 Å². The van der Waals surface area contributed by atoms with Gasteiger partial charge in [0, 0.05) is 6.04 Å². The molecule has 1 fully saturated rings. The topological polar surface area (TPSA) is 30.7 Å². The van der Waals surface area contributed by atoms with Crippen molar-refractivity contribution in [3.8, 4) is 11.4 Å². The Labute approximate surface area is 105 Å². The van der Waals surface area contributed by atoms with Crippen molar-refractivity contribution >= 4 is 0 Å². The largest absolute Gasteiger partial charge is 0.419 e. The van der Waals surface area contributed by atoms with Crippen LogP contribution in [0.1, 0.15) is 24.4 Å². The second-order valence-electron chi connectivity index (χ2n) is 4.46. The van der Waals surface area contributed by atoms with Crippen LogP contribution in [0.25, 0.3) is 11.4 Å². The van der Waals surface area contributed by atoms with Gasteiger partial charge in [-0.1, -0.05) is 6.07 Å². The third-order valence-corrected chi connectivity index (χ3v) is 3.06. The second-order valence-corrected chi connectivity index (χ2v) is 4.46. The summed E-state index contributed by atoms with van der Waals surface area (Å²) in [5.41, 5.74) is -1.45. The summed E-state index contributed by atoms with van der Waals surface area (Å²) in [5, 5.41) is 7.40. The third kappa shape index (κ3) is 2.09. The number of nitrogens with zero attached hydrogens (tertiary/aromatic N) is 3. The summed E-state index contributed by atoms with van der Waals surface area (Å²) in [6.07, 6.45) is -1.48. The number of hydrogen-bond acceptors (Lipinski definition) is 2. The molecule has 1 aromatic carbocycles. The smallest absolute Gasteiger partial charge is 0.310 e. The number of benzene rings is 1. The summed E-state index contributed by atoms with van der Waals surface area (Å²) in [7, 11) is 0. The Bertz CT molecular complexity index is 614. The van der Waals surface area contributed by atoms with E-state index in [9.17, 15) is 17.6 Å². The predicted molar refractivity (Wildman–Crippen MR) is 58.7 cm³/mol. The zero-order chi connectivity index (χ0) is 13.6.